The molecule has 0 fully saturated rings. The van der Waals surface area contributed by atoms with E-state index in [9.17, 15) is 27.9 Å². The van der Waals surface area contributed by atoms with E-state index in [0.29, 0.717) is 11.6 Å². The molecular formula is C17H13BrF3NO3. The summed E-state index contributed by atoms with van der Waals surface area (Å²) in [5.74, 6) is -2.15. The number of benzene rings is 2. The first-order chi connectivity index (χ1) is 11.7. The van der Waals surface area contributed by atoms with Crippen LogP contribution in [0.25, 0.3) is 0 Å². The highest BCUT2D eigenvalue weighted by Crippen LogP contribution is 2.29. The highest BCUT2D eigenvalue weighted by Gasteiger charge is 2.31. The largest absolute Gasteiger partial charge is 0.480 e. The Balaban J connectivity index is 2.15. The van der Waals surface area contributed by atoms with Crippen LogP contribution in [0, 0.1) is 0 Å². The SMILES string of the molecule is O=C(N[C@@H](Cc1ccc(Br)cc1)C(=O)O)c1cccc(C(F)(F)F)c1. The van der Waals surface area contributed by atoms with Gasteiger partial charge in [0.15, 0.2) is 0 Å². The molecule has 0 aliphatic carbocycles. The maximum atomic E-state index is 12.7. The quantitative estimate of drug-likeness (QED) is 0.778. The highest BCUT2D eigenvalue weighted by atomic mass is 79.9. The Morgan fingerprint density at radius 3 is 2.32 bits per heavy atom. The van der Waals surface area contributed by atoms with Gasteiger partial charge in [0.2, 0.25) is 0 Å². The standard InChI is InChI=1S/C17H13BrF3NO3/c18-13-6-4-10(5-7-13)8-14(16(24)25)22-15(23)11-2-1-3-12(9-11)17(19,20)21/h1-7,9,14H,8H2,(H,22,23)(H,24,25)/t14-/m0/s1. The number of aliphatic carboxylic acids is 1. The molecule has 0 bridgehead atoms. The van der Waals surface area contributed by atoms with Crippen LogP contribution in [0.4, 0.5) is 13.2 Å². The minimum Gasteiger partial charge on any atom is -0.480 e. The van der Waals surface area contributed by atoms with Gasteiger partial charge >= 0.3 is 12.1 Å². The zero-order valence-electron chi connectivity index (χ0n) is 12.7. The van der Waals surface area contributed by atoms with Gasteiger partial charge in [-0.25, -0.2) is 4.79 Å². The number of carboxylic acid groups (broad SMARTS) is 1. The predicted molar refractivity (Wildman–Crippen MR) is 88.2 cm³/mol. The smallest absolute Gasteiger partial charge is 0.416 e. The molecule has 132 valence electrons. The van der Waals surface area contributed by atoms with E-state index in [4.69, 9.17) is 0 Å². The zero-order chi connectivity index (χ0) is 18.6. The number of carboxylic acids is 1. The predicted octanol–water partition coefficient (Wildman–Crippen LogP) is 3.89. The first-order valence-electron chi connectivity index (χ1n) is 7.12. The molecule has 0 saturated heterocycles. The van der Waals surface area contributed by atoms with Gasteiger partial charge in [0, 0.05) is 16.5 Å². The van der Waals surface area contributed by atoms with Gasteiger partial charge in [-0.15, -0.1) is 0 Å². The Morgan fingerprint density at radius 2 is 1.76 bits per heavy atom. The van der Waals surface area contributed by atoms with E-state index < -0.39 is 29.7 Å². The van der Waals surface area contributed by atoms with Crippen molar-refractivity contribution in [2.24, 2.45) is 0 Å². The fraction of sp³-hybridized carbons (Fsp3) is 0.176. The summed E-state index contributed by atoms with van der Waals surface area (Å²) in [6.45, 7) is 0. The molecule has 0 aliphatic heterocycles. The van der Waals surface area contributed by atoms with Crippen LogP contribution in [0.1, 0.15) is 21.5 Å². The molecule has 1 atom stereocenters. The molecular weight excluding hydrogens is 403 g/mol. The second-order valence-corrected chi connectivity index (χ2v) is 6.19. The first-order valence-corrected chi connectivity index (χ1v) is 7.91. The van der Waals surface area contributed by atoms with Crippen molar-refractivity contribution in [2.45, 2.75) is 18.6 Å². The minimum absolute atomic E-state index is 0.00726. The third kappa shape index (κ3) is 5.32. The van der Waals surface area contributed by atoms with Gasteiger partial charge in [0.1, 0.15) is 6.04 Å². The van der Waals surface area contributed by atoms with Crippen molar-refractivity contribution in [3.8, 4) is 0 Å². The number of alkyl halides is 3. The van der Waals surface area contributed by atoms with Gasteiger partial charge in [0.05, 0.1) is 5.56 Å². The van der Waals surface area contributed by atoms with Crippen LogP contribution in [0.5, 0.6) is 0 Å². The van der Waals surface area contributed by atoms with Crippen molar-refractivity contribution in [3.63, 3.8) is 0 Å². The van der Waals surface area contributed by atoms with Crippen LogP contribution >= 0.6 is 15.9 Å². The van der Waals surface area contributed by atoms with Crippen LogP contribution in [0.2, 0.25) is 0 Å². The number of nitrogens with one attached hydrogen (secondary N) is 1. The van der Waals surface area contributed by atoms with Crippen molar-refractivity contribution in [1.29, 1.82) is 0 Å². The van der Waals surface area contributed by atoms with E-state index in [1.165, 1.54) is 6.07 Å². The van der Waals surface area contributed by atoms with Gasteiger partial charge in [-0.1, -0.05) is 34.1 Å². The molecule has 2 rings (SSSR count). The second-order valence-electron chi connectivity index (χ2n) is 5.27. The van der Waals surface area contributed by atoms with Crippen LogP contribution < -0.4 is 5.32 Å². The Labute approximate surface area is 149 Å². The number of halogens is 4. The third-order valence-corrected chi connectivity index (χ3v) is 3.94. The number of carbonyl (C=O) groups excluding carboxylic acids is 1. The average molecular weight is 416 g/mol. The summed E-state index contributed by atoms with van der Waals surface area (Å²) in [5.41, 5.74) is -0.559. The van der Waals surface area contributed by atoms with Gasteiger partial charge in [-0.2, -0.15) is 13.2 Å². The Bertz CT molecular complexity index is 775. The number of carbonyl (C=O) groups is 2. The maximum Gasteiger partial charge on any atom is 0.416 e. The third-order valence-electron chi connectivity index (χ3n) is 3.41. The van der Waals surface area contributed by atoms with Crippen LogP contribution in [0.3, 0.4) is 0 Å². The minimum atomic E-state index is -4.58. The highest BCUT2D eigenvalue weighted by molar-refractivity contribution is 9.10. The molecule has 2 N–H and O–H groups in total. The zero-order valence-corrected chi connectivity index (χ0v) is 14.3. The normalized spacial score (nSPS) is 12.5. The van der Waals surface area contributed by atoms with Crippen LogP contribution in [0.15, 0.2) is 53.0 Å². The monoisotopic (exact) mass is 415 g/mol. The second kappa shape index (κ2) is 7.69. The Kier molecular flexibility index (Phi) is 5.84. The molecule has 0 unspecified atom stereocenters. The maximum absolute atomic E-state index is 12.7. The van der Waals surface area contributed by atoms with E-state index in [-0.39, 0.29) is 12.0 Å². The van der Waals surface area contributed by atoms with E-state index in [2.05, 4.69) is 21.2 Å². The molecule has 0 spiro atoms. The van der Waals surface area contributed by atoms with Crippen molar-refractivity contribution < 1.29 is 27.9 Å². The molecule has 8 heteroatoms. The summed E-state index contributed by atoms with van der Waals surface area (Å²) in [5, 5.41) is 11.5. The molecule has 0 aliphatic rings. The summed E-state index contributed by atoms with van der Waals surface area (Å²) in [6, 6.07) is 9.40. The van der Waals surface area contributed by atoms with Crippen molar-refractivity contribution in [3.05, 3.63) is 69.7 Å². The van der Waals surface area contributed by atoms with E-state index in [0.717, 1.165) is 16.6 Å². The van der Waals surface area contributed by atoms with E-state index in [1.807, 2.05) is 0 Å². The fourth-order valence-corrected chi connectivity index (χ4v) is 2.40. The molecule has 25 heavy (non-hydrogen) atoms. The molecule has 0 aromatic heterocycles. The summed E-state index contributed by atoms with van der Waals surface area (Å²) in [4.78, 5) is 23.5. The average Bonchev–Trinajstić information content (AvgIpc) is 2.55. The lowest BCUT2D eigenvalue weighted by Gasteiger charge is -2.15. The lowest BCUT2D eigenvalue weighted by atomic mass is 10.0. The lowest BCUT2D eigenvalue weighted by Crippen LogP contribution is -2.42. The molecule has 4 nitrogen and oxygen atoms in total. The molecule has 2 aromatic carbocycles. The molecule has 1 amide bonds. The topological polar surface area (TPSA) is 66.4 Å². The fourth-order valence-electron chi connectivity index (χ4n) is 2.13. The van der Waals surface area contributed by atoms with Crippen molar-refractivity contribution >= 4 is 27.8 Å². The summed E-state index contributed by atoms with van der Waals surface area (Å²) >= 11 is 3.26. The van der Waals surface area contributed by atoms with E-state index in [1.54, 1.807) is 24.3 Å². The summed E-state index contributed by atoms with van der Waals surface area (Å²) < 4.78 is 39.0. The molecule has 0 saturated carbocycles. The van der Waals surface area contributed by atoms with Gasteiger partial charge in [-0.05, 0) is 35.9 Å². The lowest BCUT2D eigenvalue weighted by molar-refractivity contribution is -0.139. The van der Waals surface area contributed by atoms with Crippen LogP contribution in [-0.4, -0.2) is 23.0 Å². The summed E-state index contributed by atoms with van der Waals surface area (Å²) in [6.07, 6.45) is -4.58. The molecule has 2 aromatic rings. The number of amides is 1. The van der Waals surface area contributed by atoms with Gasteiger partial charge in [0.25, 0.3) is 5.91 Å². The van der Waals surface area contributed by atoms with Gasteiger partial charge in [-0.3, -0.25) is 4.79 Å². The molecule has 0 radical (unpaired) electrons. The Hall–Kier alpha value is -2.35. The number of hydrogen-bond acceptors (Lipinski definition) is 2. The van der Waals surface area contributed by atoms with Crippen LogP contribution in [-0.2, 0) is 17.4 Å². The first kappa shape index (κ1) is 19.0. The van der Waals surface area contributed by atoms with E-state index >= 15 is 0 Å². The van der Waals surface area contributed by atoms with Crippen molar-refractivity contribution in [1.82, 2.24) is 5.32 Å². The Morgan fingerprint density at radius 1 is 1.12 bits per heavy atom. The molecule has 0 heterocycles. The number of hydrogen-bond donors (Lipinski definition) is 2. The summed E-state index contributed by atoms with van der Waals surface area (Å²) in [7, 11) is 0. The van der Waals surface area contributed by atoms with Gasteiger partial charge < -0.3 is 10.4 Å². The number of rotatable bonds is 5. The van der Waals surface area contributed by atoms with Crippen molar-refractivity contribution in [2.75, 3.05) is 0 Å².